The van der Waals surface area contributed by atoms with Crippen LogP contribution in [0.3, 0.4) is 0 Å². The van der Waals surface area contributed by atoms with Gasteiger partial charge in [-0.3, -0.25) is 4.79 Å². The van der Waals surface area contributed by atoms with Gasteiger partial charge in [0.15, 0.2) is 5.78 Å². The van der Waals surface area contributed by atoms with Crippen molar-refractivity contribution < 1.29 is 14.3 Å². The Morgan fingerprint density at radius 2 is 1.80 bits per heavy atom. The number of ether oxygens (including phenoxy) is 2. The summed E-state index contributed by atoms with van der Waals surface area (Å²) in [4.78, 5) is 12.5. The van der Waals surface area contributed by atoms with Crippen LogP contribution in [0.2, 0.25) is 0 Å². The van der Waals surface area contributed by atoms with Crippen LogP contribution in [0.4, 0.5) is 0 Å². The molecular formula is C16H15BrO3. The number of hydrogen-bond donors (Lipinski definition) is 0. The number of halogens is 1. The van der Waals surface area contributed by atoms with Crippen LogP contribution < -0.4 is 9.47 Å². The van der Waals surface area contributed by atoms with Gasteiger partial charge in [-0.15, -0.1) is 0 Å². The number of methoxy groups -OCH3 is 2. The molecule has 2 aromatic carbocycles. The van der Waals surface area contributed by atoms with E-state index in [-0.39, 0.29) is 5.78 Å². The third-order valence-corrected chi connectivity index (χ3v) is 3.75. The molecule has 0 atom stereocenters. The van der Waals surface area contributed by atoms with Crippen molar-refractivity contribution in [3.8, 4) is 11.5 Å². The van der Waals surface area contributed by atoms with Crippen LogP contribution in [0.5, 0.6) is 11.5 Å². The highest BCUT2D eigenvalue weighted by Crippen LogP contribution is 2.27. The van der Waals surface area contributed by atoms with E-state index in [1.54, 1.807) is 44.6 Å². The molecule has 0 radical (unpaired) electrons. The standard InChI is InChI=1S/C16H15BrO3/c1-10-4-5-11(8-15(10)20-3)16(18)13-7-6-12(19-2)9-14(13)17/h4-9H,1-3H3. The fourth-order valence-electron chi connectivity index (χ4n) is 1.92. The summed E-state index contributed by atoms with van der Waals surface area (Å²) >= 11 is 3.40. The molecule has 0 aliphatic carbocycles. The predicted molar refractivity (Wildman–Crippen MR) is 81.9 cm³/mol. The molecule has 20 heavy (non-hydrogen) atoms. The van der Waals surface area contributed by atoms with Crippen molar-refractivity contribution in [2.24, 2.45) is 0 Å². The molecule has 0 saturated carbocycles. The molecule has 2 aromatic rings. The SMILES string of the molecule is COc1ccc(C(=O)c2ccc(C)c(OC)c2)c(Br)c1. The van der Waals surface area contributed by atoms with Gasteiger partial charge in [-0.1, -0.05) is 12.1 Å². The summed E-state index contributed by atoms with van der Waals surface area (Å²) in [5, 5.41) is 0. The smallest absolute Gasteiger partial charge is 0.194 e. The highest BCUT2D eigenvalue weighted by atomic mass is 79.9. The zero-order chi connectivity index (χ0) is 14.7. The number of rotatable bonds is 4. The monoisotopic (exact) mass is 334 g/mol. The van der Waals surface area contributed by atoms with E-state index in [4.69, 9.17) is 9.47 Å². The number of carbonyl (C=O) groups excluding carboxylic acids is 1. The van der Waals surface area contributed by atoms with Gasteiger partial charge >= 0.3 is 0 Å². The number of ketones is 1. The summed E-state index contributed by atoms with van der Waals surface area (Å²) < 4.78 is 11.1. The summed E-state index contributed by atoms with van der Waals surface area (Å²) in [5.74, 6) is 1.35. The van der Waals surface area contributed by atoms with Gasteiger partial charge in [0.05, 0.1) is 14.2 Å². The zero-order valence-electron chi connectivity index (χ0n) is 11.6. The molecule has 0 saturated heterocycles. The Kier molecular flexibility index (Phi) is 4.45. The Hall–Kier alpha value is -1.81. The van der Waals surface area contributed by atoms with Crippen LogP contribution in [0.1, 0.15) is 21.5 Å². The van der Waals surface area contributed by atoms with Crippen molar-refractivity contribution in [1.29, 1.82) is 0 Å². The third kappa shape index (κ3) is 2.85. The van der Waals surface area contributed by atoms with E-state index in [0.717, 1.165) is 5.56 Å². The molecule has 0 spiro atoms. The average Bonchev–Trinajstić information content (AvgIpc) is 2.47. The first-order valence-corrected chi connectivity index (χ1v) is 6.89. The molecule has 0 fully saturated rings. The van der Waals surface area contributed by atoms with Crippen LogP contribution in [0.15, 0.2) is 40.9 Å². The Labute approximate surface area is 126 Å². The summed E-state index contributed by atoms with van der Waals surface area (Å²) in [6.07, 6.45) is 0. The highest BCUT2D eigenvalue weighted by molar-refractivity contribution is 9.10. The molecule has 0 unspecified atom stereocenters. The second kappa shape index (κ2) is 6.09. The molecule has 0 aliphatic rings. The second-order valence-electron chi connectivity index (χ2n) is 4.36. The minimum absolute atomic E-state index is 0.0576. The van der Waals surface area contributed by atoms with E-state index >= 15 is 0 Å². The fourth-order valence-corrected chi connectivity index (χ4v) is 2.46. The lowest BCUT2D eigenvalue weighted by atomic mass is 10.0. The minimum Gasteiger partial charge on any atom is -0.497 e. The molecule has 0 bridgehead atoms. The normalized spacial score (nSPS) is 10.2. The van der Waals surface area contributed by atoms with Crippen molar-refractivity contribution in [3.05, 3.63) is 57.6 Å². The van der Waals surface area contributed by atoms with Crippen molar-refractivity contribution in [3.63, 3.8) is 0 Å². The molecule has 2 rings (SSSR count). The Bertz CT molecular complexity index is 650. The van der Waals surface area contributed by atoms with Crippen LogP contribution >= 0.6 is 15.9 Å². The average molecular weight is 335 g/mol. The van der Waals surface area contributed by atoms with Gasteiger partial charge in [-0.2, -0.15) is 0 Å². The first kappa shape index (κ1) is 14.6. The number of hydrogen-bond acceptors (Lipinski definition) is 3. The van der Waals surface area contributed by atoms with E-state index in [9.17, 15) is 4.79 Å². The first-order chi connectivity index (χ1) is 9.56. The highest BCUT2D eigenvalue weighted by Gasteiger charge is 2.14. The Balaban J connectivity index is 2.41. The van der Waals surface area contributed by atoms with Crippen LogP contribution in [0, 0.1) is 6.92 Å². The van der Waals surface area contributed by atoms with Gasteiger partial charge < -0.3 is 9.47 Å². The van der Waals surface area contributed by atoms with Crippen molar-refractivity contribution in [2.45, 2.75) is 6.92 Å². The maximum absolute atomic E-state index is 12.5. The molecule has 4 heteroatoms. The predicted octanol–water partition coefficient (Wildman–Crippen LogP) is 4.01. The molecular weight excluding hydrogens is 320 g/mol. The second-order valence-corrected chi connectivity index (χ2v) is 5.21. The fraction of sp³-hybridized carbons (Fsp3) is 0.188. The lowest BCUT2D eigenvalue weighted by molar-refractivity contribution is 0.103. The van der Waals surface area contributed by atoms with Gasteiger partial charge in [0, 0.05) is 15.6 Å². The molecule has 0 amide bonds. The third-order valence-electron chi connectivity index (χ3n) is 3.09. The maximum atomic E-state index is 12.5. The summed E-state index contributed by atoms with van der Waals surface area (Å²) in [5.41, 5.74) is 2.19. The summed E-state index contributed by atoms with van der Waals surface area (Å²) in [6.45, 7) is 1.94. The van der Waals surface area contributed by atoms with Crippen LogP contribution in [0.25, 0.3) is 0 Å². The number of benzene rings is 2. The van der Waals surface area contributed by atoms with Crippen LogP contribution in [-0.2, 0) is 0 Å². The van der Waals surface area contributed by atoms with Crippen molar-refractivity contribution in [1.82, 2.24) is 0 Å². The van der Waals surface area contributed by atoms with Gasteiger partial charge in [0.2, 0.25) is 0 Å². The van der Waals surface area contributed by atoms with Gasteiger partial charge in [0.25, 0.3) is 0 Å². The molecule has 0 N–H and O–H groups in total. The van der Waals surface area contributed by atoms with E-state index in [2.05, 4.69) is 15.9 Å². The molecule has 0 heterocycles. The van der Waals surface area contributed by atoms with Crippen molar-refractivity contribution in [2.75, 3.05) is 14.2 Å². The largest absolute Gasteiger partial charge is 0.497 e. The van der Waals surface area contributed by atoms with Crippen molar-refractivity contribution >= 4 is 21.7 Å². The quantitative estimate of drug-likeness (QED) is 0.792. The first-order valence-electron chi connectivity index (χ1n) is 6.09. The summed E-state index contributed by atoms with van der Waals surface area (Å²) in [6, 6.07) is 10.7. The molecule has 0 aromatic heterocycles. The number of carbonyl (C=O) groups is 1. The van der Waals surface area contributed by atoms with E-state index in [0.29, 0.717) is 27.1 Å². The Morgan fingerprint density at radius 1 is 1.05 bits per heavy atom. The van der Waals surface area contributed by atoms with Gasteiger partial charge in [-0.05, 0) is 52.7 Å². The van der Waals surface area contributed by atoms with E-state index in [1.807, 2.05) is 13.0 Å². The summed E-state index contributed by atoms with van der Waals surface area (Å²) in [7, 11) is 3.19. The Morgan fingerprint density at radius 3 is 2.40 bits per heavy atom. The van der Waals surface area contributed by atoms with Crippen LogP contribution in [-0.4, -0.2) is 20.0 Å². The molecule has 104 valence electrons. The maximum Gasteiger partial charge on any atom is 0.194 e. The number of aryl methyl sites for hydroxylation is 1. The van der Waals surface area contributed by atoms with E-state index in [1.165, 1.54) is 0 Å². The van der Waals surface area contributed by atoms with Gasteiger partial charge in [0.1, 0.15) is 11.5 Å². The van der Waals surface area contributed by atoms with Gasteiger partial charge in [-0.25, -0.2) is 0 Å². The lowest BCUT2D eigenvalue weighted by Gasteiger charge is -2.09. The molecule has 0 aliphatic heterocycles. The lowest BCUT2D eigenvalue weighted by Crippen LogP contribution is -2.03. The van der Waals surface area contributed by atoms with E-state index < -0.39 is 0 Å². The topological polar surface area (TPSA) is 35.5 Å². The minimum atomic E-state index is -0.0576. The zero-order valence-corrected chi connectivity index (χ0v) is 13.2. The molecule has 3 nitrogen and oxygen atoms in total.